The van der Waals surface area contributed by atoms with Gasteiger partial charge in [0.05, 0.1) is 30.7 Å². The van der Waals surface area contributed by atoms with E-state index in [1.54, 1.807) is 24.5 Å². The van der Waals surface area contributed by atoms with Gasteiger partial charge in [-0.25, -0.2) is 9.97 Å². The summed E-state index contributed by atoms with van der Waals surface area (Å²) < 4.78 is 47.0. The van der Waals surface area contributed by atoms with Gasteiger partial charge in [-0.2, -0.15) is 13.2 Å². The normalized spacial score (nSPS) is 14.8. The molecule has 1 aliphatic heterocycles. The largest absolute Gasteiger partial charge is 0.419 e. The molecule has 0 atom stereocenters. The van der Waals surface area contributed by atoms with E-state index in [-0.39, 0.29) is 0 Å². The van der Waals surface area contributed by atoms with Crippen LogP contribution in [0.3, 0.4) is 0 Å². The summed E-state index contributed by atoms with van der Waals surface area (Å²) >= 11 is 0. The smallest absolute Gasteiger partial charge is 0.383 e. The van der Waals surface area contributed by atoms with Crippen LogP contribution in [-0.4, -0.2) is 40.7 Å². The maximum atomic E-state index is 13.3. The number of nitrogen functional groups attached to an aromatic ring is 1. The van der Waals surface area contributed by atoms with E-state index in [0.717, 1.165) is 36.1 Å². The van der Waals surface area contributed by atoms with E-state index in [2.05, 4.69) is 27.0 Å². The lowest BCUT2D eigenvalue weighted by molar-refractivity contribution is -0.137. The van der Waals surface area contributed by atoms with Gasteiger partial charge in [0.25, 0.3) is 0 Å². The van der Waals surface area contributed by atoms with E-state index in [9.17, 15) is 13.2 Å². The molecular formula is C23H20F3N5O. The zero-order valence-electron chi connectivity index (χ0n) is 17.0. The Morgan fingerprint density at radius 1 is 0.875 bits per heavy atom. The van der Waals surface area contributed by atoms with E-state index in [0.29, 0.717) is 30.0 Å². The zero-order chi connectivity index (χ0) is 22.3. The summed E-state index contributed by atoms with van der Waals surface area (Å²) in [6, 6.07) is 12.7. The molecule has 4 aromatic rings. The average molecular weight is 439 g/mol. The van der Waals surface area contributed by atoms with Crippen molar-refractivity contribution < 1.29 is 17.9 Å². The highest BCUT2D eigenvalue weighted by molar-refractivity contribution is 5.71. The van der Waals surface area contributed by atoms with E-state index in [4.69, 9.17) is 10.5 Å². The Bertz CT molecular complexity index is 1260. The Morgan fingerprint density at radius 3 is 2.31 bits per heavy atom. The van der Waals surface area contributed by atoms with Gasteiger partial charge in [-0.05, 0) is 30.3 Å². The molecule has 164 valence electrons. The number of nitrogens with two attached hydrogens (primary N) is 1. The van der Waals surface area contributed by atoms with Crippen LogP contribution in [0.4, 0.5) is 24.7 Å². The Morgan fingerprint density at radius 2 is 1.59 bits per heavy atom. The molecule has 1 aliphatic rings. The lowest BCUT2D eigenvalue weighted by Gasteiger charge is -2.28. The van der Waals surface area contributed by atoms with Gasteiger partial charge in [0.15, 0.2) is 0 Å². The number of rotatable bonds is 3. The molecule has 1 saturated heterocycles. The summed E-state index contributed by atoms with van der Waals surface area (Å²) in [5.41, 5.74) is 9.02. The summed E-state index contributed by atoms with van der Waals surface area (Å²) in [7, 11) is 0. The molecule has 0 saturated carbocycles. The Hall–Kier alpha value is -3.59. The molecule has 0 amide bonds. The number of aromatic nitrogens is 3. The second-order valence-corrected chi connectivity index (χ2v) is 7.59. The number of morpholine rings is 1. The van der Waals surface area contributed by atoms with Crippen molar-refractivity contribution in [1.82, 2.24) is 14.4 Å². The first-order chi connectivity index (χ1) is 15.4. The summed E-state index contributed by atoms with van der Waals surface area (Å²) in [5, 5.41) is 0. The molecule has 1 aromatic carbocycles. The zero-order valence-corrected chi connectivity index (χ0v) is 17.0. The van der Waals surface area contributed by atoms with Crippen molar-refractivity contribution in [3.63, 3.8) is 0 Å². The lowest BCUT2D eigenvalue weighted by Crippen LogP contribution is -2.36. The highest BCUT2D eigenvalue weighted by Gasteiger charge is 2.34. The van der Waals surface area contributed by atoms with Gasteiger partial charge in [0, 0.05) is 47.9 Å². The second kappa shape index (κ2) is 7.83. The van der Waals surface area contributed by atoms with E-state index in [1.165, 1.54) is 6.20 Å². The molecule has 4 heterocycles. The van der Waals surface area contributed by atoms with Crippen molar-refractivity contribution in [2.45, 2.75) is 6.18 Å². The number of benzene rings is 1. The molecule has 0 unspecified atom stereocenters. The van der Waals surface area contributed by atoms with Gasteiger partial charge in [-0.15, -0.1) is 0 Å². The van der Waals surface area contributed by atoms with Crippen molar-refractivity contribution in [2.24, 2.45) is 0 Å². The van der Waals surface area contributed by atoms with Crippen LogP contribution in [-0.2, 0) is 10.9 Å². The van der Waals surface area contributed by atoms with Crippen molar-refractivity contribution in [3.8, 4) is 22.4 Å². The summed E-state index contributed by atoms with van der Waals surface area (Å²) in [6.45, 7) is 3.14. The lowest BCUT2D eigenvalue weighted by atomic mass is 10.1. The highest BCUT2D eigenvalue weighted by Crippen LogP contribution is 2.35. The Kier molecular flexibility index (Phi) is 4.97. The number of anilines is 2. The van der Waals surface area contributed by atoms with E-state index >= 15 is 0 Å². The second-order valence-electron chi connectivity index (χ2n) is 7.59. The van der Waals surface area contributed by atoms with Crippen molar-refractivity contribution in [1.29, 1.82) is 0 Å². The van der Waals surface area contributed by atoms with Gasteiger partial charge < -0.3 is 15.4 Å². The number of alkyl halides is 3. The molecular weight excluding hydrogens is 419 g/mol. The first kappa shape index (κ1) is 20.3. The number of nitrogens with zero attached hydrogens (tertiary/aromatic N) is 4. The van der Waals surface area contributed by atoms with E-state index in [1.807, 2.05) is 16.5 Å². The number of imidazole rings is 1. The standard InChI is InChI=1S/C23H20F3N5O/c24-23(25,26)19-11-17(12-29-22(19)27)16-3-6-21-28-13-20(31(21)14-16)15-1-4-18(5-2-15)30-7-9-32-10-8-30/h1-6,11-14H,7-10H2,(H2,27,29). The fourth-order valence-corrected chi connectivity index (χ4v) is 3.89. The SMILES string of the molecule is Nc1ncc(-c2ccc3ncc(-c4ccc(N5CCOCC5)cc4)n3c2)cc1C(F)(F)F. The number of fused-ring (bicyclic) bond motifs is 1. The van der Waals surface area contributed by atoms with Crippen molar-refractivity contribution in [2.75, 3.05) is 36.9 Å². The van der Waals surface area contributed by atoms with Crippen LogP contribution in [0.2, 0.25) is 0 Å². The minimum atomic E-state index is -4.57. The van der Waals surface area contributed by atoms with Crippen LogP contribution >= 0.6 is 0 Å². The van der Waals surface area contributed by atoms with Crippen molar-refractivity contribution >= 4 is 17.2 Å². The molecule has 32 heavy (non-hydrogen) atoms. The van der Waals surface area contributed by atoms with Gasteiger partial charge >= 0.3 is 6.18 Å². The third kappa shape index (κ3) is 3.75. The van der Waals surface area contributed by atoms with Crippen LogP contribution in [0.1, 0.15) is 5.56 Å². The number of hydrogen-bond donors (Lipinski definition) is 1. The van der Waals surface area contributed by atoms with Gasteiger partial charge in [-0.1, -0.05) is 12.1 Å². The molecule has 0 bridgehead atoms. The number of halogens is 3. The monoisotopic (exact) mass is 439 g/mol. The first-order valence-electron chi connectivity index (χ1n) is 10.1. The van der Waals surface area contributed by atoms with Gasteiger partial charge in [-0.3, -0.25) is 4.40 Å². The fourth-order valence-electron chi connectivity index (χ4n) is 3.89. The highest BCUT2D eigenvalue weighted by atomic mass is 19.4. The first-order valence-corrected chi connectivity index (χ1v) is 10.1. The minimum absolute atomic E-state index is 0.329. The molecule has 9 heteroatoms. The minimum Gasteiger partial charge on any atom is -0.383 e. The maximum Gasteiger partial charge on any atom is 0.419 e. The number of hydrogen-bond acceptors (Lipinski definition) is 5. The third-order valence-corrected chi connectivity index (χ3v) is 5.60. The predicted molar refractivity (Wildman–Crippen MR) is 116 cm³/mol. The van der Waals surface area contributed by atoms with Crippen LogP contribution in [0, 0.1) is 0 Å². The topological polar surface area (TPSA) is 68.7 Å². The fraction of sp³-hybridized carbons (Fsp3) is 0.217. The third-order valence-electron chi connectivity index (χ3n) is 5.60. The van der Waals surface area contributed by atoms with Gasteiger partial charge in [0.1, 0.15) is 11.5 Å². The summed E-state index contributed by atoms with van der Waals surface area (Å²) in [6.07, 6.45) is 0.297. The molecule has 3 aromatic heterocycles. The Balaban J connectivity index is 1.51. The quantitative estimate of drug-likeness (QED) is 0.509. The molecule has 2 N–H and O–H groups in total. The van der Waals surface area contributed by atoms with Crippen LogP contribution < -0.4 is 10.6 Å². The van der Waals surface area contributed by atoms with Crippen LogP contribution in [0.5, 0.6) is 0 Å². The van der Waals surface area contributed by atoms with Crippen LogP contribution in [0.15, 0.2) is 61.1 Å². The predicted octanol–water partition coefficient (Wildman–Crippen LogP) is 4.50. The molecule has 0 radical (unpaired) electrons. The average Bonchev–Trinajstić information content (AvgIpc) is 3.22. The Labute approximate surface area is 182 Å². The summed E-state index contributed by atoms with van der Waals surface area (Å²) in [5.74, 6) is -0.536. The maximum absolute atomic E-state index is 13.3. The molecule has 0 aliphatic carbocycles. The van der Waals surface area contributed by atoms with Crippen molar-refractivity contribution in [3.05, 3.63) is 66.6 Å². The van der Waals surface area contributed by atoms with Gasteiger partial charge in [0.2, 0.25) is 0 Å². The molecule has 5 rings (SSSR count). The summed E-state index contributed by atoms with van der Waals surface area (Å²) in [4.78, 5) is 10.4. The number of pyridine rings is 2. The molecule has 1 fully saturated rings. The molecule has 0 spiro atoms. The van der Waals surface area contributed by atoms with Crippen LogP contribution in [0.25, 0.3) is 28.0 Å². The van der Waals surface area contributed by atoms with E-state index < -0.39 is 17.6 Å². The number of ether oxygens (including phenoxy) is 1. The molecule has 6 nitrogen and oxygen atoms in total.